The molecule has 0 saturated carbocycles. The molecular weight excluding hydrogens is 178 g/mol. The molecule has 0 rings (SSSR count). The Bertz CT molecular complexity index is 121. The van der Waals surface area contributed by atoms with Crippen LogP contribution in [0.4, 0.5) is 0 Å². The highest BCUT2D eigenvalue weighted by molar-refractivity contribution is 4.59. The van der Waals surface area contributed by atoms with Gasteiger partial charge in [-0.05, 0) is 40.2 Å². The first-order valence-corrected chi connectivity index (χ1v) is 5.40. The molecular formula is C11H25NO2. The van der Waals surface area contributed by atoms with Gasteiger partial charge in [-0.25, -0.2) is 0 Å². The zero-order valence-electron chi connectivity index (χ0n) is 10.1. The minimum atomic E-state index is -0.0161. The second kappa shape index (κ2) is 8.21. The minimum absolute atomic E-state index is 0.0161. The fourth-order valence-corrected chi connectivity index (χ4v) is 1.05. The summed E-state index contributed by atoms with van der Waals surface area (Å²) in [6, 6.07) is 0. The normalized spacial score (nSPS) is 12.0. The van der Waals surface area contributed by atoms with E-state index in [-0.39, 0.29) is 5.60 Å². The van der Waals surface area contributed by atoms with Crippen LogP contribution >= 0.6 is 0 Å². The van der Waals surface area contributed by atoms with Crippen molar-refractivity contribution in [3.8, 4) is 0 Å². The third kappa shape index (κ3) is 11.9. The van der Waals surface area contributed by atoms with Crippen molar-refractivity contribution >= 4 is 0 Å². The van der Waals surface area contributed by atoms with E-state index in [1.54, 1.807) is 7.11 Å². The molecule has 0 saturated heterocycles. The average Bonchev–Trinajstić information content (AvgIpc) is 2.08. The summed E-state index contributed by atoms with van der Waals surface area (Å²) in [6.45, 7) is 9.86. The van der Waals surface area contributed by atoms with Gasteiger partial charge in [-0.15, -0.1) is 0 Å². The first-order valence-electron chi connectivity index (χ1n) is 5.40. The highest BCUT2D eigenvalue weighted by atomic mass is 16.5. The lowest BCUT2D eigenvalue weighted by atomic mass is 10.2. The second-order valence-corrected chi connectivity index (χ2v) is 4.41. The Morgan fingerprint density at radius 3 is 2.29 bits per heavy atom. The molecule has 0 unspecified atom stereocenters. The van der Waals surface area contributed by atoms with Gasteiger partial charge in [0.1, 0.15) is 0 Å². The molecule has 0 heterocycles. The molecule has 86 valence electrons. The Labute approximate surface area is 88.2 Å². The SMILES string of the molecule is COCCCCNCCOC(C)(C)C. The van der Waals surface area contributed by atoms with Gasteiger partial charge in [0, 0.05) is 20.3 Å². The molecule has 0 atom stereocenters. The molecule has 0 aromatic heterocycles. The second-order valence-electron chi connectivity index (χ2n) is 4.41. The molecule has 0 aliphatic carbocycles. The summed E-state index contributed by atoms with van der Waals surface area (Å²) in [5.74, 6) is 0. The molecule has 0 aromatic rings. The monoisotopic (exact) mass is 203 g/mol. The van der Waals surface area contributed by atoms with Crippen molar-refractivity contribution < 1.29 is 9.47 Å². The Balaban J connectivity index is 2.99. The molecule has 0 spiro atoms. The summed E-state index contributed by atoms with van der Waals surface area (Å²) in [5.41, 5.74) is -0.0161. The van der Waals surface area contributed by atoms with Gasteiger partial charge >= 0.3 is 0 Å². The van der Waals surface area contributed by atoms with Crippen molar-refractivity contribution in [3.05, 3.63) is 0 Å². The smallest absolute Gasteiger partial charge is 0.0599 e. The van der Waals surface area contributed by atoms with Crippen LogP contribution in [0.1, 0.15) is 33.6 Å². The van der Waals surface area contributed by atoms with Gasteiger partial charge < -0.3 is 14.8 Å². The first-order chi connectivity index (χ1) is 6.56. The maximum Gasteiger partial charge on any atom is 0.0599 e. The summed E-state index contributed by atoms with van der Waals surface area (Å²) in [7, 11) is 1.74. The maximum absolute atomic E-state index is 5.57. The van der Waals surface area contributed by atoms with Crippen molar-refractivity contribution in [1.29, 1.82) is 0 Å². The Morgan fingerprint density at radius 1 is 1.00 bits per heavy atom. The van der Waals surface area contributed by atoms with E-state index >= 15 is 0 Å². The predicted molar refractivity (Wildman–Crippen MR) is 59.7 cm³/mol. The quantitative estimate of drug-likeness (QED) is 0.610. The molecule has 0 amide bonds. The lowest BCUT2D eigenvalue weighted by Crippen LogP contribution is -2.27. The Morgan fingerprint density at radius 2 is 1.71 bits per heavy atom. The summed E-state index contributed by atoms with van der Waals surface area (Å²) in [4.78, 5) is 0. The molecule has 0 radical (unpaired) electrons. The van der Waals surface area contributed by atoms with E-state index in [4.69, 9.17) is 9.47 Å². The highest BCUT2D eigenvalue weighted by Gasteiger charge is 2.08. The third-order valence-electron chi connectivity index (χ3n) is 1.77. The summed E-state index contributed by atoms with van der Waals surface area (Å²) in [6.07, 6.45) is 2.30. The number of methoxy groups -OCH3 is 1. The minimum Gasteiger partial charge on any atom is -0.385 e. The zero-order valence-corrected chi connectivity index (χ0v) is 10.1. The van der Waals surface area contributed by atoms with Crippen molar-refractivity contribution in [2.45, 2.75) is 39.2 Å². The number of rotatable bonds is 8. The zero-order chi connectivity index (χ0) is 10.9. The van der Waals surface area contributed by atoms with E-state index < -0.39 is 0 Å². The van der Waals surface area contributed by atoms with Crippen LogP contribution in [0.25, 0.3) is 0 Å². The van der Waals surface area contributed by atoms with Crippen molar-refractivity contribution in [3.63, 3.8) is 0 Å². The van der Waals surface area contributed by atoms with Crippen LogP contribution in [0, 0.1) is 0 Å². The summed E-state index contributed by atoms with van der Waals surface area (Å²) in [5, 5.41) is 3.34. The van der Waals surface area contributed by atoms with Crippen LogP contribution in [0.2, 0.25) is 0 Å². The molecule has 0 aliphatic heterocycles. The van der Waals surface area contributed by atoms with Gasteiger partial charge in [0.05, 0.1) is 12.2 Å². The van der Waals surface area contributed by atoms with Gasteiger partial charge in [0.25, 0.3) is 0 Å². The van der Waals surface area contributed by atoms with E-state index in [9.17, 15) is 0 Å². The fraction of sp³-hybridized carbons (Fsp3) is 1.00. The molecule has 0 aromatic carbocycles. The lowest BCUT2D eigenvalue weighted by molar-refractivity contribution is -0.000777. The molecule has 0 aliphatic rings. The molecule has 0 bridgehead atoms. The fourth-order valence-electron chi connectivity index (χ4n) is 1.05. The largest absolute Gasteiger partial charge is 0.385 e. The van der Waals surface area contributed by atoms with Crippen LogP contribution in [0.15, 0.2) is 0 Å². The van der Waals surface area contributed by atoms with E-state index in [0.29, 0.717) is 0 Å². The van der Waals surface area contributed by atoms with E-state index in [1.165, 1.54) is 6.42 Å². The predicted octanol–water partition coefficient (Wildman–Crippen LogP) is 1.82. The van der Waals surface area contributed by atoms with Gasteiger partial charge in [0.15, 0.2) is 0 Å². The topological polar surface area (TPSA) is 30.5 Å². The van der Waals surface area contributed by atoms with Crippen molar-refractivity contribution in [2.75, 3.05) is 33.4 Å². The van der Waals surface area contributed by atoms with E-state index in [2.05, 4.69) is 26.1 Å². The number of nitrogens with one attached hydrogen (secondary N) is 1. The molecule has 3 heteroatoms. The number of ether oxygens (including phenoxy) is 2. The standard InChI is InChI=1S/C11H25NO2/c1-11(2,3)14-10-8-12-7-5-6-9-13-4/h12H,5-10H2,1-4H3. The molecule has 3 nitrogen and oxygen atoms in total. The number of hydrogen-bond acceptors (Lipinski definition) is 3. The van der Waals surface area contributed by atoms with Gasteiger partial charge in [-0.1, -0.05) is 0 Å². The summed E-state index contributed by atoms with van der Waals surface area (Å²) < 4.78 is 10.5. The lowest BCUT2D eigenvalue weighted by Gasteiger charge is -2.19. The van der Waals surface area contributed by atoms with Crippen LogP contribution in [0.5, 0.6) is 0 Å². The maximum atomic E-state index is 5.57. The van der Waals surface area contributed by atoms with Crippen molar-refractivity contribution in [1.82, 2.24) is 5.32 Å². The van der Waals surface area contributed by atoms with Gasteiger partial charge in [-0.3, -0.25) is 0 Å². The molecule has 14 heavy (non-hydrogen) atoms. The number of unbranched alkanes of at least 4 members (excludes halogenated alkanes) is 1. The first kappa shape index (κ1) is 13.9. The van der Waals surface area contributed by atoms with Crippen LogP contribution < -0.4 is 5.32 Å². The van der Waals surface area contributed by atoms with Crippen LogP contribution in [-0.2, 0) is 9.47 Å². The van der Waals surface area contributed by atoms with E-state index in [0.717, 1.165) is 32.7 Å². The third-order valence-corrected chi connectivity index (χ3v) is 1.77. The molecule has 0 fully saturated rings. The van der Waals surface area contributed by atoms with E-state index in [1.807, 2.05) is 0 Å². The Hall–Kier alpha value is -0.120. The number of hydrogen-bond donors (Lipinski definition) is 1. The van der Waals surface area contributed by atoms with Crippen molar-refractivity contribution in [2.24, 2.45) is 0 Å². The summed E-state index contributed by atoms with van der Waals surface area (Å²) >= 11 is 0. The van der Waals surface area contributed by atoms with Crippen LogP contribution in [-0.4, -0.2) is 39.0 Å². The van der Waals surface area contributed by atoms with Crippen LogP contribution in [0.3, 0.4) is 0 Å². The van der Waals surface area contributed by atoms with Gasteiger partial charge in [0.2, 0.25) is 0 Å². The highest BCUT2D eigenvalue weighted by Crippen LogP contribution is 2.04. The Kier molecular flexibility index (Phi) is 8.14. The molecule has 1 N–H and O–H groups in total. The van der Waals surface area contributed by atoms with Gasteiger partial charge in [-0.2, -0.15) is 0 Å². The average molecular weight is 203 g/mol.